The van der Waals surface area contributed by atoms with Crippen LogP contribution in [0.3, 0.4) is 0 Å². The lowest BCUT2D eigenvalue weighted by Crippen LogP contribution is -2.18. The van der Waals surface area contributed by atoms with Crippen LogP contribution in [0, 0.1) is 5.92 Å². The largest absolute Gasteiger partial charge is 0.379 e. The quantitative estimate of drug-likeness (QED) is 0.547. The average molecular weight is 229 g/mol. The third-order valence-corrected chi connectivity index (χ3v) is 2.72. The van der Waals surface area contributed by atoms with Crippen molar-refractivity contribution < 1.29 is 4.74 Å². The number of rotatable bonds is 11. The normalized spacial score (nSPS) is 13.3. The van der Waals surface area contributed by atoms with E-state index in [-0.39, 0.29) is 0 Å². The smallest absolute Gasteiger partial charge is 0.0547 e. The van der Waals surface area contributed by atoms with Crippen molar-refractivity contribution in [1.29, 1.82) is 0 Å². The van der Waals surface area contributed by atoms with Gasteiger partial charge in [0.1, 0.15) is 0 Å². The van der Waals surface area contributed by atoms with Crippen molar-refractivity contribution in [3.05, 3.63) is 0 Å². The zero-order valence-corrected chi connectivity index (χ0v) is 11.7. The number of ether oxygens (including phenoxy) is 1. The Kier molecular flexibility index (Phi) is 11.3. The van der Waals surface area contributed by atoms with Gasteiger partial charge in [0.05, 0.1) is 6.10 Å². The summed E-state index contributed by atoms with van der Waals surface area (Å²) in [5, 5.41) is 3.42. The predicted octanol–water partition coefficient (Wildman–Crippen LogP) is 3.61. The molecule has 0 aromatic rings. The molecule has 0 rings (SSSR count). The Labute approximate surface area is 102 Å². The molecule has 0 aromatic heterocycles. The first-order valence-corrected chi connectivity index (χ1v) is 6.99. The van der Waals surface area contributed by atoms with Gasteiger partial charge >= 0.3 is 0 Å². The first kappa shape index (κ1) is 15.9. The van der Waals surface area contributed by atoms with Gasteiger partial charge in [-0.15, -0.1) is 0 Å². The molecule has 0 spiro atoms. The molecular formula is C14H31NO. The fourth-order valence-electron chi connectivity index (χ4n) is 1.68. The molecule has 0 heterocycles. The van der Waals surface area contributed by atoms with Crippen LogP contribution in [0.4, 0.5) is 0 Å². The Balaban J connectivity index is 3.15. The first-order chi connectivity index (χ1) is 7.66. The van der Waals surface area contributed by atoms with Crippen LogP contribution in [0.25, 0.3) is 0 Å². The third kappa shape index (κ3) is 12.0. The molecule has 2 nitrogen and oxygen atoms in total. The Bertz CT molecular complexity index is 137. The van der Waals surface area contributed by atoms with Crippen molar-refractivity contribution in [2.24, 2.45) is 5.92 Å². The number of hydrogen-bond acceptors (Lipinski definition) is 2. The van der Waals surface area contributed by atoms with Crippen LogP contribution in [0.5, 0.6) is 0 Å². The fourth-order valence-corrected chi connectivity index (χ4v) is 1.68. The highest BCUT2D eigenvalue weighted by Crippen LogP contribution is 2.06. The maximum atomic E-state index is 5.77. The highest BCUT2D eigenvalue weighted by atomic mass is 16.5. The Morgan fingerprint density at radius 1 is 1.00 bits per heavy atom. The zero-order valence-electron chi connectivity index (χ0n) is 11.7. The molecule has 1 unspecified atom stereocenters. The molecule has 0 radical (unpaired) electrons. The molecular weight excluding hydrogens is 198 g/mol. The molecule has 0 saturated heterocycles. The lowest BCUT2D eigenvalue weighted by atomic mass is 10.1. The van der Waals surface area contributed by atoms with Crippen LogP contribution in [0.15, 0.2) is 0 Å². The molecule has 98 valence electrons. The van der Waals surface area contributed by atoms with Gasteiger partial charge in [-0.25, -0.2) is 0 Å². The van der Waals surface area contributed by atoms with Gasteiger partial charge < -0.3 is 10.1 Å². The standard InChI is InChI=1S/C14H31NO/c1-5-10-15-11-6-9-14(4)16-12-7-8-13(2)3/h13-15H,5-12H2,1-4H3. The summed E-state index contributed by atoms with van der Waals surface area (Å²) in [6.45, 7) is 12.1. The third-order valence-electron chi connectivity index (χ3n) is 2.72. The van der Waals surface area contributed by atoms with Gasteiger partial charge in [-0.1, -0.05) is 20.8 Å². The van der Waals surface area contributed by atoms with Crippen LogP contribution in [0.1, 0.15) is 59.8 Å². The van der Waals surface area contributed by atoms with Gasteiger partial charge in [-0.3, -0.25) is 0 Å². The molecule has 0 aliphatic rings. The van der Waals surface area contributed by atoms with E-state index >= 15 is 0 Å². The van der Waals surface area contributed by atoms with Crippen molar-refractivity contribution in [1.82, 2.24) is 5.32 Å². The minimum absolute atomic E-state index is 0.426. The molecule has 0 amide bonds. The fraction of sp³-hybridized carbons (Fsp3) is 1.00. The van der Waals surface area contributed by atoms with Crippen molar-refractivity contribution in [3.63, 3.8) is 0 Å². The molecule has 1 atom stereocenters. The van der Waals surface area contributed by atoms with Crippen LogP contribution in [-0.2, 0) is 4.74 Å². The Hall–Kier alpha value is -0.0800. The van der Waals surface area contributed by atoms with E-state index in [2.05, 4.69) is 33.0 Å². The summed E-state index contributed by atoms with van der Waals surface area (Å²) >= 11 is 0. The lowest BCUT2D eigenvalue weighted by Gasteiger charge is -2.13. The van der Waals surface area contributed by atoms with Gasteiger partial charge in [0.15, 0.2) is 0 Å². The minimum Gasteiger partial charge on any atom is -0.379 e. The summed E-state index contributed by atoms with van der Waals surface area (Å²) < 4.78 is 5.77. The maximum Gasteiger partial charge on any atom is 0.0547 e. The summed E-state index contributed by atoms with van der Waals surface area (Å²) in [4.78, 5) is 0. The van der Waals surface area contributed by atoms with Gasteiger partial charge in [-0.05, 0) is 58.0 Å². The van der Waals surface area contributed by atoms with E-state index in [0.29, 0.717) is 6.10 Å². The zero-order chi connectivity index (χ0) is 12.2. The molecule has 0 bridgehead atoms. The Morgan fingerprint density at radius 3 is 2.38 bits per heavy atom. The second kappa shape index (κ2) is 11.4. The number of hydrogen-bond donors (Lipinski definition) is 1. The highest BCUT2D eigenvalue weighted by molar-refractivity contribution is 4.54. The van der Waals surface area contributed by atoms with Gasteiger partial charge in [-0.2, -0.15) is 0 Å². The molecule has 2 heteroatoms. The van der Waals surface area contributed by atoms with Crippen molar-refractivity contribution in [2.75, 3.05) is 19.7 Å². The molecule has 0 aliphatic carbocycles. The predicted molar refractivity (Wildman–Crippen MR) is 71.9 cm³/mol. The van der Waals surface area contributed by atoms with Gasteiger partial charge in [0, 0.05) is 6.61 Å². The van der Waals surface area contributed by atoms with Crippen molar-refractivity contribution in [3.8, 4) is 0 Å². The van der Waals surface area contributed by atoms with Crippen molar-refractivity contribution >= 4 is 0 Å². The SMILES string of the molecule is CCCNCCCC(C)OCCCC(C)C. The van der Waals surface area contributed by atoms with Crippen LogP contribution >= 0.6 is 0 Å². The summed E-state index contributed by atoms with van der Waals surface area (Å²) in [5.74, 6) is 0.803. The molecule has 0 fully saturated rings. The van der Waals surface area contributed by atoms with E-state index in [1.807, 2.05) is 0 Å². The second-order valence-corrected chi connectivity index (χ2v) is 5.11. The number of nitrogens with one attached hydrogen (secondary N) is 1. The average Bonchev–Trinajstić information content (AvgIpc) is 2.24. The summed E-state index contributed by atoms with van der Waals surface area (Å²) in [5.41, 5.74) is 0. The van der Waals surface area contributed by atoms with E-state index in [4.69, 9.17) is 4.74 Å². The van der Waals surface area contributed by atoms with Crippen LogP contribution in [-0.4, -0.2) is 25.8 Å². The molecule has 0 saturated carbocycles. The molecule has 16 heavy (non-hydrogen) atoms. The first-order valence-electron chi connectivity index (χ1n) is 6.99. The van der Waals surface area contributed by atoms with Crippen molar-refractivity contribution in [2.45, 2.75) is 65.9 Å². The summed E-state index contributed by atoms with van der Waals surface area (Å²) in [7, 11) is 0. The molecule has 0 aliphatic heterocycles. The van der Waals surface area contributed by atoms with Crippen LogP contribution in [0.2, 0.25) is 0 Å². The van der Waals surface area contributed by atoms with E-state index < -0.39 is 0 Å². The van der Waals surface area contributed by atoms with E-state index in [9.17, 15) is 0 Å². The topological polar surface area (TPSA) is 21.3 Å². The summed E-state index contributed by atoms with van der Waals surface area (Å²) in [6, 6.07) is 0. The van der Waals surface area contributed by atoms with Crippen LogP contribution < -0.4 is 5.32 Å². The lowest BCUT2D eigenvalue weighted by molar-refractivity contribution is 0.0550. The monoisotopic (exact) mass is 229 g/mol. The molecule has 0 aromatic carbocycles. The highest BCUT2D eigenvalue weighted by Gasteiger charge is 2.02. The summed E-state index contributed by atoms with van der Waals surface area (Å²) in [6.07, 6.45) is 6.54. The maximum absolute atomic E-state index is 5.77. The van der Waals surface area contributed by atoms with E-state index in [1.54, 1.807) is 0 Å². The Morgan fingerprint density at radius 2 is 1.75 bits per heavy atom. The van der Waals surface area contributed by atoms with Gasteiger partial charge in [0.2, 0.25) is 0 Å². The van der Waals surface area contributed by atoms with E-state index in [1.165, 1.54) is 32.1 Å². The van der Waals surface area contributed by atoms with Gasteiger partial charge in [0.25, 0.3) is 0 Å². The second-order valence-electron chi connectivity index (χ2n) is 5.11. The molecule has 1 N–H and O–H groups in total. The minimum atomic E-state index is 0.426. The van der Waals surface area contributed by atoms with E-state index in [0.717, 1.165) is 25.6 Å².